The second-order valence-corrected chi connectivity index (χ2v) is 16.6. The summed E-state index contributed by atoms with van der Waals surface area (Å²) in [5.74, 6) is -1.73. The number of imide groups is 2. The molecule has 3 aliphatic heterocycles. The standard InChI is InChI=1S/C41H42N10O7S/c1-59(57,58)30-14-7-26(8-15-30)33-5-4-6-35-45-40(47-51(33)35)44-27-9-12-29(13-10-27)48-21-23-49(24-22-48)41(56)43-20-3-2-19-42-28-11-16-31-32(25-28)39(55)50(38(31)54)34-17-18-36(52)46-37(34)53/h4-16,25,34,42H,2-3,17-24H2,1H3,(H,43,56)(H,44,47)(H,46,52,53). The molecule has 3 aliphatic rings. The number of fused-ring (bicyclic) bond motifs is 2. The third kappa shape index (κ3) is 8.29. The number of amides is 6. The van der Waals surface area contributed by atoms with Crippen molar-refractivity contribution in [1.29, 1.82) is 0 Å². The molecule has 5 heterocycles. The zero-order valence-electron chi connectivity index (χ0n) is 32.2. The largest absolute Gasteiger partial charge is 0.385 e. The first kappa shape index (κ1) is 39.0. The van der Waals surface area contributed by atoms with Gasteiger partial charge >= 0.3 is 6.03 Å². The molecule has 304 valence electrons. The van der Waals surface area contributed by atoms with Gasteiger partial charge in [0, 0.05) is 74.6 Å². The molecule has 2 aromatic heterocycles. The van der Waals surface area contributed by atoms with Gasteiger partial charge in [0.1, 0.15) is 6.04 Å². The van der Waals surface area contributed by atoms with Gasteiger partial charge in [-0.05, 0) is 86.0 Å². The molecule has 4 N–H and O–H groups in total. The number of rotatable bonds is 12. The van der Waals surface area contributed by atoms with Crippen LogP contribution >= 0.6 is 0 Å². The van der Waals surface area contributed by atoms with Crippen molar-refractivity contribution < 1.29 is 32.4 Å². The van der Waals surface area contributed by atoms with Gasteiger partial charge in [-0.15, -0.1) is 5.10 Å². The van der Waals surface area contributed by atoms with Crippen LogP contribution in [0.25, 0.3) is 16.9 Å². The SMILES string of the molecule is CS(=O)(=O)c1ccc(-c2cccc3nc(Nc4ccc(N5CCN(C(=O)NCCCCNc6ccc7c(c6)C(=O)N(C6CCC(=O)NC6=O)C7=O)CC5)cc4)nn23)cc1. The van der Waals surface area contributed by atoms with Gasteiger partial charge < -0.3 is 25.8 Å². The van der Waals surface area contributed by atoms with Crippen LogP contribution in [0.3, 0.4) is 0 Å². The average Bonchev–Trinajstić information content (AvgIpc) is 3.75. The molecular weight excluding hydrogens is 777 g/mol. The number of carbonyl (C=O) groups excluding carboxylic acids is 5. The molecule has 3 aromatic carbocycles. The number of hydrogen-bond donors (Lipinski definition) is 4. The number of unbranched alkanes of at least 4 members (excludes halogenated alkanes) is 1. The molecule has 0 saturated carbocycles. The number of nitrogens with zero attached hydrogens (tertiary/aromatic N) is 6. The van der Waals surface area contributed by atoms with Crippen molar-refractivity contribution in [3.63, 3.8) is 0 Å². The molecule has 0 radical (unpaired) electrons. The summed E-state index contributed by atoms with van der Waals surface area (Å²) in [5, 5.41) is 16.4. The van der Waals surface area contributed by atoms with Crippen LogP contribution in [-0.4, -0.2) is 114 Å². The number of aromatic nitrogens is 3. The van der Waals surface area contributed by atoms with Crippen molar-refractivity contribution in [1.82, 2.24) is 35.0 Å². The predicted molar refractivity (Wildman–Crippen MR) is 219 cm³/mol. The summed E-state index contributed by atoms with van der Waals surface area (Å²) < 4.78 is 25.5. The average molecular weight is 819 g/mol. The maximum absolute atomic E-state index is 13.1. The lowest BCUT2D eigenvalue weighted by molar-refractivity contribution is -0.136. The van der Waals surface area contributed by atoms with Gasteiger partial charge in [0.15, 0.2) is 15.5 Å². The second-order valence-electron chi connectivity index (χ2n) is 14.6. The third-order valence-corrected chi connectivity index (χ3v) is 11.8. The fraction of sp³-hybridized carbons (Fsp3) is 0.293. The second kappa shape index (κ2) is 16.2. The number of nitrogens with one attached hydrogen (secondary N) is 4. The van der Waals surface area contributed by atoms with E-state index in [1.165, 1.54) is 6.26 Å². The highest BCUT2D eigenvalue weighted by molar-refractivity contribution is 7.90. The number of hydrogen-bond acceptors (Lipinski definition) is 12. The zero-order chi connectivity index (χ0) is 41.3. The number of pyridine rings is 1. The normalized spacial score (nSPS) is 17.0. The number of piperidine rings is 1. The molecule has 1 unspecified atom stereocenters. The van der Waals surface area contributed by atoms with E-state index < -0.39 is 39.5 Å². The molecule has 2 saturated heterocycles. The van der Waals surface area contributed by atoms with E-state index in [4.69, 9.17) is 0 Å². The van der Waals surface area contributed by atoms with E-state index in [1.54, 1.807) is 47.0 Å². The molecule has 59 heavy (non-hydrogen) atoms. The van der Waals surface area contributed by atoms with Crippen LogP contribution in [0.4, 0.5) is 27.8 Å². The van der Waals surface area contributed by atoms with Crippen molar-refractivity contribution in [3.8, 4) is 11.3 Å². The smallest absolute Gasteiger partial charge is 0.317 e. The van der Waals surface area contributed by atoms with Crippen molar-refractivity contribution in [3.05, 3.63) is 96.1 Å². The summed E-state index contributed by atoms with van der Waals surface area (Å²) in [6.45, 7) is 3.63. The highest BCUT2D eigenvalue weighted by Crippen LogP contribution is 2.30. The van der Waals surface area contributed by atoms with Crippen LogP contribution in [0.1, 0.15) is 46.4 Å². The Labute approximate surface area is 339 Å². The van der Waals surface area contributed by atoms with E-state index in [-0.39, 0.29) is 34.9 Å². The highest BCUT2D eigenvalue weighted by Gasteiger charge is 2.44. The van der Waals surface area contributed by atoms with Gasteiger partial charge in [-0.1, -0.05) is 18.2 Å². The number of anilines is 4. The Morgan fingerprint density at radius 1 is 0.831 bits per heavy atom. The molecule has 2 fully saturated rings. The summed E-state index contributed by atoms with van der Waals surface area (Å²) >= 11 is 0. The Hall–Kier alpha value is -6.82. The Morgan fingerprint density at radius 3 is 2.27 bits per heavy atom. The molecule has 0 spiro atoms. The van der Waals surface area contributed by atoms with Crippen LogP contribution in [0, 0.1) is 0 Å². The van der Waals surface area contributed by atoms with Gasteiger partial charge in [0.05, 0.1) is 21.7 Å². The number of sulfone groups is 1. The summed E-state index contributed by atoms with van der Waals surface area (Å²) in [7, 11) is -3.30. The fourth-order valence-electron chi connectivity index (χ4n) is 7.47. The molecule has 5 aromatic rings. The van der Waals surface area contributed by atoms with Crippen LogP contribution in [0.5, 0.6) is 0 Å². The van der Waals surface area contributed by atoms with Crippen molar-refractivity contribution in [2.24, 2.45) is 0 Å². The third-order valence-electron chi connectivity index (χ3n) is 10.6. The number of piperazine rings is 1. The van der Waals surface area contributed by atoms with Gasteiger partial charge in [-0.25, -0.2) is 17.7 Å². The van der Waals surface area contributed by atoms with Crippen molar-refractivity contribution >= 4 is 68.2 Å². The Kier molecular flexibility index (Phi) is 10.7. The van der Waals surface area contributed by atoms with Crippen LogP contribution in [0.15, 0.2) is 89.8 Å². The first-order chi connectivity index (χ1) is 28.4. The predicted octanol–water partition coefficient (Wildman–Crippen LogP) is 3.67. The van der Waals surface area contributed by atoms with E-state index >= 15 is 0 Å². The Morgan fingerprint density at radius 2 is 1.54 bits per heavy atom. The fourth-order valence-corrected chi connectivity index (χ4v) is 8.10. The minimum absolute atomic E-state index is 0.0646. The molecule has 8 rings (SSSR count). The van der Waals surface area contributed by atoms with E-state index in [0.29, 0.717) is 56.6 Å². The lowest BCUT2D eigenvalue weighted by atomic mass is 10.0. The highest BCUT2D eigenvalue weighted by atomic mass is 32.2. The van der Waals surface area contributed by atoms with Gasteiger partial charge in [0.25, 0.3) is 11.8 Å². The summed E-state index contributed by atoms with van der Waals surface area (Å²) in [5.41, 5.74) is 5.20. The van der Waals surface area contributed by atoms with Gasteiger partial charge in [-0.2, -0.15) is 4.98 Å². The molecule has 18 heteroatoms. The quantitative estimate of drug-likeness (QED) is 0.105. The summed E-state index contributed by atoms with van der Waals surface area (Å²) in [4.78, 5) is 72.6. The lowest BCUT2D eigenvalue weighted by Gasteiger charge is -2.36. The van der Waals surface area contributed by atoms with Crippen LogP contribution in [0.2, 0.25) is 0 Å². The van der Waals surface area contributed by atoms with E-state index in [9.17, 15) is 32.4 Å². The van der Waals surface area contributed by atoms with Crippen molar-refractivity contribution in [2.75, 3.05) is 61.1 Å². The summed E-state index contributed by atoms with van der Waals surface area (Å²) in [6.07, 6.45) is 2.84. The maximum Gasteiger partial charge on any atom is 0.317 e. The van der Waals surface area contributed by atoms with E-state index in [2.05, 4.69) is 36.2 Å². The molecule has 17 nitrogen and oxygen atoms in total. The Balaban J connectivity index is 0.757. The van der Waals surface area contributed by atoms with E-state index in [1.807, 2.05) is 47.4 Å². The van der Waals surface area contributed by atoms with Crippen molar-refractivity contribution in [2.45, 2.75) is 36.6 Å². The number of carbonyl (C=O) groups is 5. The minimum Gasteiger partial charge on any atom is -0.385 e. The first-order valence-corrected chi connectivity index (χ1v) is 21.2. The van der Waals surface area contributed by atoms with Crippen LogP contribution < -0.4 is 26.2 Å². The van der Waals surface area contributed by atoms with E-state index in [0.717, 1.165) is 40.4 Å². The molecule has 6 amide bonds. The lowest BCUT2D eigenvalue weighted by Crippen LogP contribution is -2.54. The number of urea groups is 1. The van der Waals surface area contributed by atoms with Gasteiger partial charge in [-0.3, -0.25) is 29.4 Å². The monoisotopic (exact) mass is 818 g/mol. The minimum atomic E-state index is -3.30. The maximum atomic E-state index is 13.1. The first-order valence-electron chi connectivity index (χ1n) is 19.3. The molecule has 0 aliphatic carbocycles. The van der Waals surface area contributed by atoms with Gasteiger partial charge in [0.2, 0.25) is 17.8 Å². The Bertz CT molecular complexity index is 2570. The summed E-state index contributed by atoms with van der Waals surface area (Å²) in [6, 6.07) is 24.1. The van der Waals surface area contributed by atoms with Crippen LogP contribution in [-0.2, 0) is 19.4 Å². The zero-order valence-corrected chi connectivity index (χ0v) is 33.0. The topological polar surface area (TPSA) is 208 Å². The molecule has 0 bridgehead atoms. The molecular formula is C41H42N10O7S. The number of benzene rings is 3. The molecule has 1 atom stereocenters.